The Bertz CT molecular complexity index is 636. The van der Waals surface area contributed by atoms with Crippen molar-refractivity contribution in [1.29, 1.82) is 0 Å². The van der Waals surface area contributed by atoms with E-state index < -0.39 is 58.5 Å². The molecule has 16 heteroatoms. The van der Waals surface area contributed by atoms with E-state index >= 15 is 0 Å². The number of carbonyl (C=O) groups excluding carboxylic acids is 2. The number of rotatable bonds is 6. The molecule has 2 fully saturated rings. The largest absolute Gasteiger partial charge is 0.469 e. The maximum Gasteiger partial charge on any atom is 0.469 e. The van der Waals surface area contributed by atoms with Crippen LogP contribution in [0.15, 0.2) is 0 Å². The first-order chi connectivity index (χ1) is 11.4. The number of amides is 3. The van der Waals surface area contributed by atoms with Crippen molar-refractivity contribution in [3.8, 4) is 0 Å². The molecule has 1 radical (unpaired) electrons. The van der Waals surface area contributed by atoms with E-state index in [1.165, 1.54) is 0 Å². The van der Waals surface area contributed by atoms with Crippen LogP contribution in [0.2, 0.25) is 0 Å². The van der Waals surface area contributed by atoms with Crippen LogP contribution >= 0.6 is 15.6 Å². The van der Waals surface area contributed by atoms with E-state index in [1.54, 1.807) is 6.92 Å². The number of ether oxygens (including phenoxy) is 1. The molecule has 0 saturated carbocycles. The van der Waals surface area contributed by atoms with Crippen LogP contribution in [-0.4, -0.2) is 97.6 Å². The van der Waals surface area contributed by atoms with E-state index in [4.69, 9.17) is 24.3 Å². The summed E-state index contributed by atoms with van der Waals surface area (Å²) in [5, 5.41) is 2.11. The predicted octanol–water partition coefficient (Wildman–Crippen LogP) is -1.50. The molecule has 26 heavy (non-hydrogen) atoms. The van der Waals surface area contributed by atoms with Crippen molar-refractivity contribution in [2.45, 2.75) is 31.8 Å². The zero-order valence-corrected chi connectivity index (χ0v) is 17.7. The molecular weight excluding hydrogens is 409 g/mol. The zero-order chi connectivity index (χ0) is 19.0. The Kier molecular flexibility index (Phi) is 8.44. The fourth-order valence-corrected chi connectivity index (χ4v) is 3.43. The zero-order valence-electron chi connectivity index (χ0n) is 13.9. The number of nitrogens with one attached hydrogen (secondary N) is 1. The summed E-state index contributed by atoms with van der Waals surface area (Å²) in [6.07, 6.45) is -3.73. The number of phosphoric ester groups is 2. The Morgan fingerprint density at radius 3 is 2.38 bits per heavy atom. The molecule has 4 atom stereocenters. The normalized spacial score (nSPS) is 30.1. The predicted molar refractivity (Wildman–Crippen MR) is 83.4 cm³/mol. The topological polar surface area (TPSA) is 192 Å². The van der Waals surface area contributed by atoms with Crippen molar-refractivity contribution in [3.05, 3.63) is 0 Å². The Hall–Kier alpha value is 0.120. The Labute approximate surface area is 170 Å². The summed E-state index contributed by atoms with van der Waals surface area (Å²) >= 11 is 0. The number of hydrogen-bond donors (Lipinski definition) is 5. The third-order valence-corrected chi connectivity index (χ3v) is 4.65. The van der Waals surface area contributed by atoms with Crippen molar-refractivity contribution in [2.24, 2.45) is 5.92 Å². The number of phosphoric acid groups is 2. The molecule has 0 aliphatic carbocycles. The van der Waals surface area contributed by atoms with E-state index in [9.17, 15) is 18.7 Å². The van der Waals surface area contributed by atoms with Gasteiger partial charge in [-0.25, -0.2) is 13.9 Å². The van der Waals surface area contributed by atoms with E-state index in [-0.39, 0.29) is 42.5 Å². The van der Waals surface area contributed by atoms with E-state index in [0.717, 1.165) is 4.90 Å². The number of imide groups is 1. The van der Waals surface area contributed by atoms with Crippen molar-refractivity contribution >= 4 is 57.1 Å². The molecule has 1 unspecified atom stereocenters. The molecule has 2 saturated heterocycles. The molecule has 145 valence electrons. The second kappa shape index (κ2) is 9.08. The molecule has 2 heterocycles. The van der Waals surface area contributed by atoms with Gasteiger partial charge in [-0.05, 0) is 0 Å². The van der Waals surface area contributed by atoms with Gasteiger partial charge >= 0.3 is 21.7 Å². The van der Waals surface area contributed by atoms with Crippen molar-refractivity contribution in [2.75, 3.05) is 13.2 Å². The molecule has 2 rings (SSSR count). The number of urea groups is 1. The van der Waals surface area contributed by atoms with Crippen LogP contribution in [0.3, 0.4) is 0 Å². The molecule has 3 amide bonds. The van der Waals surface area contributed by atoms with E-state index in [1.807, 2.05) is 0 Å². The monoisotopic (exact) mass is 427 g/mol. The minimum absolute atomic E-state index is 0. The van der Waals surface area contributed by atoms with Crippen LogP contribution in [0.5, 0.6) is 0 Å². The van der Waals surface area contributed by atoms with Crippen molar-refractivity contribution in [1.82, 2.24) is 10.2 Å². The van der Waals surface area contributed by atoms with Crippen LogP contribution in [-0.2, 0) is 27.7 Å². The standard InChI is InChI=1S/C10H18N2O11P2.Na/c1-5-3-12(10(14)11-9(5)13)8-2-6(23-25(18,19)20)7(22-8)4-21-24(15,16)17;/h5-8H,2-4H2,1H3,(H,11,13,14)(H2,15,16,17)(H2,18,19,20);/t5?,6-,7+,8+;/m0./s1. The Morgan fingerprint density at radius 1 is 1.23 bits per heavy atom. The number of carbonyl (C=O) groups is 2. The smallest absolute Gasteiger partial charge is 0.350 e. The summed E-state index contributed by atoms with van der Waals surface area (Å²) in [5.41, 5.74) is 0. The van der Waals surface area contributed by atoms with Gasteiger partial charge in [0.25, 0.3) is 0 Å². The fourth-order valence-electron chi connectivity index (χ4n) is 2.51. The van der Waals surface area contributed by atoms with Gasteiger partial charge < -0.3 is 24.3 Å². The molecule has 0 bridgehead atoms. The van der Waals surface area contributed by atoms with Gasteiger partial charge in [-0.2, -0.15) is 0 Å². The van der Waals surface area contributed by atoms with Crippen molar-refractivity contribution < 1.29 is 52.1 Å². The average molecular weight is 427 g/mol. The Balaban J connectivity index is 0.00000338. The average Bonchev–Trinajstić information content (AvgIpc) is 2.80. The number of nitrogens with zero attached hydrogens (tertiary/aromatic N) is 1. The van der Waals surface area contributed by atoms with Crippen LogP contribution in [0.1, 0.15) is 13.3 Å². The molecule has 5 N–H and O–H groups in total. The molecule has 0 aromatic carbocycles. The third kappa shape index (κ3) is 6.93. The second-order valence-electron chi connectivity index (χ2n) is 5.63. The van der Waals surface area contributed by atoms with Crippen LogP contribution in [0.25, 0.3) is 0 Å². The van der Waals surface area contributed by atoms with E-state index in [2.05, 4.69) is 14.4 Å². The molecule has 0 aromatic rings. The van der Waals surface area contributed by atoms with Gasteiger partial charge in [0.1, 0.15) is 18.4 Å². The first-order valence-electron chi connectivity index (χ1n) is 7.06. The number of hydrogen-bond acceptors (Lipinski definition) is 7. The van der Waals surface area contributed by atoms with Crippen molar-refractivity contribution in [3.63, 3.8) is 0 Å². The van der Waals surface area contributed by atoms with Gasteiger partial charge in [-0.3, -0.25) is 24.1 Å². The first kappa shape index (κ1) is 24.2. The molecule has 2 aliphatic rings. The fraction of sp³-hybridized carbons (Fsp3) is 0.800. The molecule has 13 nitrogen and oxygen atoms in total. The maximum atomic E-state index is 11.9. The van der Waals surface area contributed by atoms with Gasteiger partial charge in [-0.1, -0.05) is 6.92 Å². The van der Waals surface area contributed by atoms with Crippen LogP contribution < -0.4 is 5.32 Å². The van der Waals surface area contributed by atoms with E-state index in [0.29, 0.717) is 0 Å². The molecule has 0 spiro atoms. The summed E-state index contributed by atoms with van der Waals surface area (Å²) in [6.45, 7) is 0.862. The molecule has 0 aromatic heterocycles. The molecule has 2 aliphatic heterocycles. The molecular formula is C10H18N2NaO11P2. The van der Waals surface area contributed by atoms with Gasteiger partial charge in [0.05, 0.1) is 12.5 Å². The third-order valence-electron chi connectivity index (χ3n) is 3.62. The second-order valence-corrected chi connectivity index (χ2v) is 8.06. The minimum atomic E-state index is -4.92. The summed E-state index contributed by atoms with van der Waals surface area (Å²) in [6, 6.07) is -0.750. The van der Waals surface area contributed by atoms with Gasteiger partial charge in [0, 0.05) is 42.5 Å². The summed E-state index contributed by atoms with van der Waals surface area (Å²) in [7, 11) is -9.77. The van der Waals surface area contributed by atoms with Crippen LogP contribution in [0.4, 0.5) is 4.79 Å². The summed E-state index contributed by atoms with van der Waals surface area (Å²) in [5.74, 6) is -1.00. The van der Waals surface area contributed by atoms with Gasteiger partial charge in [0.15, 0.2) is 0 Å². The minimum Gasteiger partial charge on any atom is -0.350 e. The first-order valence-corrected chi connectivity index (χ1v) is 10.1. The maximum absolute atomic E-state index is 11.9. The van der Waals surface area contributed by atoms with Gasteiger partial charge in [-0.15, -0.1) is 0 Å². The summed E-state index contributed by atoms with van der Waals surface area (Å²) < 4.78 is 36.1. The SMILES string of the molecule is CC1CN([C@H]2C[C@H](OP(=O)(O)O)[C@@H](COP(=O)(O)O)O2)C(=O)NC1=O.[Na]. The quantitative estimate of drug-likeness (QED) is 0.245. The summed E-state index contributed by atoms with van der Waals surface area (Å²) in [4.78, 5) is 59.9. The van der Waals surface area contributed by atoms with Crippen LogP contribution in [0, 0.1) is 5.92 Å². The van der Waals surface area contributed by atoms with Gasteiger partial charge in [0.2, 0.25) is 5.91 Å². The Morgan fingerprint density at radius 2 is 1.85 bits per heavy atom.